The Morgan fingerprint density at radius 1 is 1.15 bits per heavy atom. The molecule has 0 spiro atoms. The zero-order valence-corrected chi connectivity index (χ0v) is 15.0. The van der Waals surface area contributed by atoms with Gasteiger partial charge in [0.15, 0.2) is 6.61 Å². The lowest BCUT2D eigenvalue weighted by molar-refractivity contribution is -0.147. The zero-order chi connectivity index (χ0) is 19.1. The number of hydrogen-bond donors (Lipinski definition) is 1. The highest BCUT2D eigenvalue weighted by atomic mass is 16.5. The normalized spacial score (nSPS) is 12.9. The van der Waals surface area contributed by atoms with Crippen molar-refractivity contribution in [3.05, 3.63) is 42.1 Å². The topological polar surface area (TPSA) is 94.6 Å². The molecule has 0 saturated heterocycles. The van der Waals surface area contributed by atoms with E-state index < -0.39 is 30.5 Å². The highest BCUT2D eigenvalue weighted by Crippen LogP contribution is 2.12. The highest BCUT2D eigenvalue weighted by molar-refractivity contribution is 5.93. The lowest BCUT2D eigenvalue weighted by Gasteiger charge is -2.21. The van der Waals surface area contributed by atoms with Gasteiger partial charge in [0.2, 0.25) is 0 Å². The molecule has 0 radical (unpaired) electrons. The molecule has 7 heteroatoms. The predicted molar refractivity (Wildman–Crippen MR) is 95.4 cm³/mol. The van der Waals surface area contributed by atoms with Crippen molar-refractivity contribution in [2.24, 2.45) is 5.92 Å². The van der Waals surface area contributed by atoms with Crippen LogP contribution in [0.15, 0.2) is 36.4 Å². The molecular weight excluding hydrogens is 336 g/mol. The van der Waals surface area contributed by atoms with Crippen molar-refractivity contribution < 1.29 is 23.9 Å². The van der Waals surface area contributed by atoms with Gasteiger partial charge in [0.05, 0.1) is 12.6 Å². The van der Waals surface area contributed by atoms with Crippen molar-refractivity contribution in [1.29, 1.82) is 0 Å². The molecule has 138 valence electrons. The van der Waals surface area contributed by atoms with Gasteiger partial charge in [-0.05, 0) is 18.1 Å². The summed E-state index contributed by atoms with van der Waals surface area (Å²) in [5.74, 6) is -1.92. The fourth-order valence-electron chi connectivity index (χ4n) is 2.40. The molecule has 7 nitrogen and oxygen atoms in total. The Morgan fingerprint density at radius 3 is 2.58 bits per heavy atom. The SMILES string of the molecule is CC[C@H](C)[C@@H](NC(=O)COC(=O)c1ccc2ccccc2n1)C(=O)OC. The van der Waals surface area contributed by atoms with Crippen LogP contribution in [0.3, 0.4) is 0 Å². The Balaban J connectivity index is 1.96. The number of para-hydroxylation sites is 1. The summed E-state index contributed by atoms with van der Waals surface area (Å²) in [6.45, 7) is 3.22. The van der Waals surface area contributed by atoms with E-state index in [0.29, 0.717) is 11.9 Å². The van der Waals surface area contributed by atoms with Crippen molar-refractivity contribution >= 4 is 28.7 Å². The second-order valence-corrected chi connectivity index (χ2v) is 5.92. The third-order valence-corrected chi connectivity index (χ3v) is 4.13. The van der Waals surface area contributed by atoms with E-state index >= 15 is 0 Å². The number of nitrogens with zero attached hydrogens (tertiary/aromatic N) is 1. The third-order valence-electron chi connectivity index (χ3n) is 4.13. The van der Waals surface area contributed by atoms with Gasteiger partial charge in [0, 0.05) is 5.39 Å². The van der Waals surface area contributed by atoms with E-state index in [4.69, 9.17) is 9.47 Å². The maximum absolute atomic E-state index is 12.1. The molecule has 26 heavy (non-hydrogen) atoms. The number of pyridine rings is 1. The molecule has 0 saturated carbocycles. The lowest BCUT2D eigenvalue weighted by Crippen LogP contribution is -2.47. The van der Waals surface area contributed by atoms with Crippen LogP contribution >= 0.6 is 0 Å². The first-order valence-corrected chi connectivity index (χ1v) is 8.36. The van der Waals surface area contributed by atoms with Gasteiger partial charge >= 0.3 is 11.9 Å². The molecule has 1 aromatic heterocycles. The van der Waals surface area contributed by atoms with E-state index in [1.807, 2.05) is 32.0 Å². The van der Waals surface area contributed by atoms with Gasteiger partial charge in [0.1, 0.15) is 11.7 Å². The molecule has 2 aromatic rings. The summed E-state index contributed by atoms with van der Waals surface area (Å²) in [6, 6.07) is 9.88. The summed E-state index contributed by atoms with van der Waals surface area (Å²) >= 11 is 0. The fourth-order valence-corrected chi connectivity index (χ4v) is 2.40. The summed E-state index contributed by atoms with van der Waals surface area (Å²) in [5.41, 5.74) is 0.775. The monoisotopic (exact) mass is 358 g/mol. The van der Waals surface area contributed by atoms with Crippen LogP contribution in [0.2, 0.25) is 0 Å². The van der Waals surface area contributed by atoms with Crippen LogP contribution in [-0.4, -0.2) is 42.6 Å². The predicted octanol–water partition coefficient (Wildman–Crippen LogP) is 2.10. The van der Waals surface area contributed by atoms with Gasteiger partial charge in [-0.25, -0.2) is 14.6 Å². The van der Waals surface area contributed by atoms with Crippen molar-refractivity contribution in [1.82, 2.24) is 10.3 Å². The van der Waals surface area contributed by atoms with Crippen LogP contribution in [0.5, 0.6) is 0 Å². The number of benzene rings is 1. The van der Waals surface area contributed by atoms with Gasteiger partial charge in [-0.3, -0.25) is 4.79 Å². The number of esters is 2. The molecule has 0 aliphatic heterocycles. The van der Waals surface area contributed by atoms with Crippen LogP contribution < -0.4 is 5.32 Å². The zero-order valence-electron chi connectivity index (χ0n) is 15.0. The summed E-state index contributed by atoms with van der Waals surface area (Å²) < 4.78 is 9.70. The third kappa shape index (κ3) is 4.78. The lowest BCUT2D eigenvalue weighted by atomic mass is 9.99. The van der Waals surface area contributed by atoms with Gasteiger partial charge in [0.25, 0.3) is 5.91 Å². The average molecular weight is 358 g/mol. The van der Waals surface area contributed by atoms with Crippen LogP contribution in [0, 0.1) is 5.92 Å². The maximum Gasteiger partial charge on any atom is 0.357 e. The molecule has 0 unspecified atom stereocenters. The number of carbonyl (C=O) groups is 3. The first-order chi connectivity index (χ1) is 12.5. The van der Waals surface area contributed by atoms with E-state index in [0.717, 1.165) is 5.39 Å². The molecule has 1 N–H and O–H groups in total. The minimum Gasteiger partial charge on any atom is -0.467 e. The number of hydrogen-bond acceptors (Lipinski definition) is 6. The number of carbonyl (C=O) groups excluding carboxylic acids is 3. The molecule has 2 atom stereocenters. The van der Waals surface area contributed by atoms with Crippen molar-refractivity contribution in [3.8, 4) is 0 Å². The molecule has 2 rings (SSSR count). The maximum atomic E-state index is 12.1. The summed E-state index contributed by atoms with van der Waals surface area (Å²) in [6.07, 6.45) is 0.681. The summed E-state index contributed by atoms with van der Waals surface area (Å²) in [7, 11) is 1.26. The van der Waals surface area contributed by atoms with Gasteiger partial charge < -0.3 is 14.8 Å². The van der Waals surface area contributed by atoms with Gasteiger partial charge in [-0.1, -0.05) is 44.5 Å². The first kappa shape index (κ1) is 19.4. The van der Waals surface area contributed by atoms with Crippen LogP contribution in [0.25, 0.3) is 10.9 Å². The van der Waals surface area contributed by atoms with Crippen LogP contribution in [0.4, 0.5) is 0 Å². The molecular formula is C19H22N2O5. The second-order valence-electron chi connectivity index (χ2n) is 5.92. The van der Waals surface area contributed by atoms with E-state index in [-0.39, 0.29) is 11.6 Å². The largest absolute Gasteiger partial charge is 0.467 e. The van der Waals surface area contributed by atoms with Crippen molar-refractivity contribution in [2.45, 2.75) is 26.3 Å². The van der Waals surface area contributed by atoms with E-state index in [1.54, 1.807) is 18.2 Å². The fraction of sp³-hybridized carbons (Fsp3) is 0.368. The smallest absolute Gasteiger partial charge is 0.357 e. The molecule has 1 heterocycles. The van der Waals surface area contributed by atoms with Crippen LogP contribution in [0.1, 0.15) is 30.8 Å². The average Bonchev–Trinajstić information content (AvgIpc) is 2.68. The molecule has 0 bridgehead atoms. The molecule has 1 aromatic carbocycles. The Morgan fingerprint density at radius 2 is 1.88 bits per heavy atom. The van der Waals surface area contributed by atoms with Gasteiger partial charge in [-0.15, -0.1) is 0 Å². The number of nitrogens with one attached hydrogen (secondary N) is 1. The number of ether oxygens (including phenoxy) is 2. The number of methoxy groups -OCH3 is 1. The van der Waals surface area contributed by atoms with Crippen molar-refractivity contribution in [3.63, 3.8) is 0 Å². The number of fused-ring (bicyclic) bond motifs is 1. The second kappa shape index (κ2) is 8.94. The molecule has 0 aliphatic carbocycles. The standard InChI is InChI=1S/C19H22N2O5/c1-4-12(2)17(19(24)25-3)21-16(22)11-26-18(23)15-10-9-13-7-5-6-8-14(13)20-15/h5-10,12,17H,4,11H2,1-3H3,(H,21,22)/t12-,17+/m0/s1. The van der Waals surface area contributed by atoms with E-state index in [1.165, 1.54) is 7.11 Å². The van der Waals surface area contributed by atoms with Crippen LogP contribution in [-0.2, 0) is 19.1 Å². The quantitative estimate of drug-likeness (QED) is 0.762. The number of rotatable bonds is 7. The van der Waals surface area contributed by atoms with E-state index in [9.17, 15) is 14.4 Å². The minimum atomic E-state index is -0.782. The molecule has 1 amide bonds. The van der Waals surface area contributed by atoms with Gasteiger partial charge in [-0.2, -0.15) is 0 Å². The Kier molecular flexibility index (Phi) is 6.66. The Bertz CT molecular complexity index is 805. The summed E-state index contributed by atoms with van der Waals surface area (Å²) in [4.78, 5) is 40.1. The number of amides is 1. The Hall–Kier alpha value is -2.96. The van der Waals surface area contributed by atoms with E-state index in [2.05, 4.69) is 10.3 Å². The summed E-state index contributed by atoms with van der Waals surface area (Å²) in [5, 5.41) is 3.44. The molecule has 0 fully saturated rings. The van der Waals surface area contributed by atoms with Crippen molar-refractivity contribution in [2.75, 3.05) is 13.7 Å². The highest BCUT2D eigenvalue weighted by Gasteiger charge is 2.27. The minimum absolute atomic E-state index is 0.107. The Labute approximate surface area is 151 Å². The number of aromatic nitrogens is 1. The first-order valence-electron chi connectivity index (χ1n) is 8.36. The molecule has 0 aliphatic rings.